The third kappa shape index (κ3) is 40.8. The number of rotatable bonds is 34. The molecule has 0 aliphatic heterocycles. The summed E-state index contributed by atoms with van der Waals surface area (Å²) in [5.41, 5.74) is 0. The monoisotopic (exact) mass is 724 g/mol. The van der Waals surface area contributed by atoms with E-state index in [1.165, 1.54) is 77.0 Å². The minimum absolute atomic E-state index is 0.0112. The van der Waals surface area contributed by atoms with Gasteiger partial charge >= 0.3 is 148 Å². The Hall–Kier alpha value is 0.694. The van der Waals surface area contributed by atoms with Gasteiger partial charge in [0.15, 0.2) is 0 Å². The minimum atomic E-state index is -4.58. The third-order valence-electron chi connectivity index (χ3n) is 7.15. The third-order valence-corrected chi connectivity index (χ3v) is 11.2. The van der Waals surface area contributed by atoms with Crippen molar-refractivity contribution in [2.75, 3.05) is 26.4 Å². The maximum atomic E-state index is 11.7. The van der Waals surface area contributed by atoms with Crippen LogP contribution in [0.15, 0.2) is 0 Å². The Kier molecular flexibility index (Phi) is 38.2. The summed E-state index contributed by atoms with van der Waals surface area (Å²) >= 11 is -2.84. The fourth-order valence-corrected chi connectivity index (χ4v) is 7.66. The second-order valence-electron chi connectivity index (χ2n) is 11.7. The van der Waals surface area contributed by atoms with Crippen LogP contribution in [0.2, 0.25) is 0 Å². The van der Waals surface area contributed by atoms with E-state index in [1.54, 1.807) is 0 Å². The molecule has 0 spiro atoms. The Balaban J connectivity index is 0. The number of hydrogen-bond acceptors (Lipinski definition) is 8. The Labute approximate surface area is 283 Å². The van der Waals surface area contributed by atoms with E-state index in [1.807, 2.05) is 0 Å². The van der Waals surface area contributed by atoms with Crippen LogP contribution in [0.1, 0.15) is 182 Å². The molecule has 0 amide bonds. The van der Waals surface area contributed by atoms with Crippen molar-refractivity contribution >= 4 is 15.6 Å². The standard InChI is InChI=1S/C16H36O7P2.2C8H17O.O.Ti/c1-3-5-7-9-11-13-15-21-24(17,18)23-25(19,20)22-16-14-12-10-8-6-4-2;2*1-2-3-4-5-6-7-8-9;;/h3-16H2,1-2H3,(H,17,18)(H,19,20);2*2-8H2,1H3;;/q;2*-1;;+2. The molecule has 0 saturated heterocycles. The number of phosphoric acid groups is 2. The molecule has 0 aromatic rings. The molecule has 0 aliphatic carbocycles. The van der Waals surface area contributed by atoms with Crippen LogP contribution in [-0.4, -0.2) is 36.2 Å². The molecule has 0 radical (unpaired) electrons. The molecule has 0 aromatic heterocycles. The van der Waals surface area contributed by atoms with Gasteiger partial charge in [-0.1, -0.05) is 78.1 Å². The van der Waals surface area contributed by atoms with Crippen LogP contribution < -0.4 is 0 Å². The van der Waals surface area contributed by atoms with Gasteiger partial charge in [-0.3, -0.25) is 9.05 Å². The molecule has 0 saturated carbocycles. The zero-order valence-corrected chi connectivity index (χ0v) is 32.7. The number of hydrogen-bond donors (Lipinski definition) is 2. The first-order chi connectivity index (χ1) is 21.6. The molecule has 2 N–H and O–H groups in total. The molecular weight excluding hydrogens is 654 g/mol. The molecule has 0 fully saturated rings. The van der Waals surface area contributed by atoms with Crippen LogP contribution in [0, 0.1) is 0 Å². The van der Waals surface area contributed by atoms with Gasteiger partial charge in [-0.15, -0.1) is 0 Å². The fraction of sp³-hybridized carbons (Fsp3) is 1.00. The van der Waals surface area contributed by atoms with Gasteiger partial charge in [0.05, 0.1) is 13.2 Å². The fourth-order valence-electron chi connectivity index (χ4n) is 4.42. The summed E-state index contributed by atoms with van der Waals surface area (Å²) in [6, 6.07) is 0. The van der Waals surface area contributed by atoms with Crippen molar-refractivity contribution in [3.63, 3.8) is 0 Å². The zero-order chi connectivity index (χ0) is 33.9. The van der Waals surface area contributed by atoms with E-state index in [-0.39, 0.29) is 13.2 Å². The van der Waals surface area contributed by atoms with Crippen molar-refractivity contribution in [2.45, 2.75) is 182 Å². The van der Waals surface area contributed by atoms with Gasteiger partial charge in [0.1, 0.15) is 0 Å². The van der Waals surface area contributed by atoms with Crippen molar-refractivity contribution in [2.24, 2.45) is 0 Å². The molecule has 272 valence electrons. The summed E-state index contributed by atoms with van der Waals surface area (Å²) in [6.07, 6.45) is 26.7. The van der Waals surface area contributed by atoms with Crippen LogP contribution in [0.4, 0.5) is 0 Å². The van der Waals surface area contributed by atoms with Crippen LogP contribution in [0.3, 0.4) is 0 Å². The number of phosphoric ester groups is 2. The molecule has 0 heterocycles. The van der Waals surface area contributed by atoms with Crippen molar-refractivity contribution in [3.05, 3.63) is 0 Å². The van der Waals surface area contributed by atoms with Crippen LogP contribution in [0.5, 0.6) is 0 Å². The summed E-state index contributed by atoms with van der Waals surface area (Å²) < 4.78 is 59.2. The normalized spacial score (nSPS) is 14.0. The topological polar surface area (TPSA) is 138 Å². The molecule has 10 nitrogen and oxygen atoms in total. The number of unbranched alkanes of at least 4 members (excludes halogenated alkanes) is 20. The van der Waals surface area contributed by atoms with E-state index in [9.17, 15) is 22.2 Å². The average Bonchev–Trinajstić information content (AvgIpc) is 2.99. The summed E-state index contributed by atoms with van der Waals surface area (Å²) in [6.45, 7) is 9.95. The summed E-state index contributed by atoms with van der Waals surface area (Å²) in [5.74, 6) is 0. The molecule has 45 heavy (non-hydrogen) atoms. The van der Waals surface area contributed by atoms with Gasteiger partial charge in [0.2, 0.25) is 0 Å². The molecule has 0 aromatic carbocycles. The van der Waals surface area contributed by atoms with Crippen LogP contribution >= 0.6 is 15.6 Å². The summed E-state index contributed by atoms with van der Waals surface area (Å²) in [7, 11) is -9.17. The van der Waals surface area contributed by atoms with Gasteiger partial charge in [0, 0.05) is 0 Å². The quantitative estimate of drug-likeness (QED) is 0.0374. The SMILES string of the molecule is CCCCCCCCOP(=O)(O)OP(=O)(O)OCCCCCCCC.CCCCCCCC[O][Ti](=[O])[O]CCCCCCCC. The van der Waals surface area contributed by atoms with Gasteiger partial charge in [-0.2, -0.15) is 4.31 Å². The first kappa shape index (κ1) is 47.8. The molecular formula is C32H70O10P2Ti. The predicted octanol–water partition coefficient (Wildman–Crippen LogP) is 11.5. The summed E-state index contributed by atoms with van der Waals surface area (Å²) in [4.78, 5) is 19.0. The average molecular weight is 725 g/mol. The van der Waals surface area contributed by atoms with E-state index >= 15 is 0 Å². The molecule has 2 atom stereocenters. The molecule has 2 unspecified atom stereocenters. The van der Waals surface area contributed by atoms with Crippen molar-refractivity contribution in [1.29, 1.82) is 0 Å². The van der Waals surface area contributed by atoms with E-state index in [0.717, 1.165) is 64.2 Å². The maximum absolute atomic E-state index is 11.7. The van der Waals surface area contributed by atoms with E-state index < -0.39 is 34.3 Å². The Morgan fingerprint density at radius 3 is 0.956 bits per heavy atom. The van der Waals surface area contributed by atoms with Gasteiger partial charge in [-0.25, -0.2) is 9.13 Å². The zero-order valence-electron chi connectivity index (χ0n) is 29.4. The molecule has 13 heteroatoms. The summed E-state index contributed by atoms with van der Waals surface area (Å²) in [5, 5.41) is 0. The van der Waals surface area contributed by atoms with Gasteiger partial charge < -0.3 is 9.79 Å². The van der Waals surface area contributed by atoms with E-state index in [0.29, 0.717) is 26.1 Å². The first-order valence-corrected chi connectivity index (χ1v) is 23.0. The molecule has 0 aliphatic rings. The molecule has 0 rings (SSSR count). The van der Waals surface area contributed by atoms with Crippen LogP contribution in [-0.2, 0) is 51.1 Å². The van der Waals surface area contributed by atoms with E-state index in [2.05, 4.69) is 32.0 Å². The Morgan fingerprint density at radius 1 is 0.422 bits per heavy atom. The van der Waals surface area contributed by atoms with Crippen molar-refractivity contribution in [3.8, 4) is 0 Å². The van der Waals surface area contributed by atoms with Crippen molar-refractivity contribution in [1.82, 2.24) is 0 Å². The first-order valence-electron chi connectivity index (χ1n) is 18.1. The Bertz CT molecular complexity index is 674. The second-order valence-corrected chi connectivity index (χ2v) is 16.4. The predicted molar refractivity (Wildman–Crippen MR) is 179 cm³/mol. The Morgan fingerprint density at radius 2 is 0.667 bits per heavy atom. The van der Waals surface area contributed by atoms with Crippen LogP contribution in [0.25, 0.3) is 0 Å². The second kappa shape index (κ2) is 36.0. The van der Waals surface area contributed by atoms with Gasteiger partial charge in [-0.05, 0) is 12.8 Å². The van der Waals surface area contributed by atoms with Crippen molar-refractivity contribution < 1.29 is 60.9 Å². The van der Waals surface area contributed by atoms with Gasteiger partial charge in [0.25, 0.3) is 0 Å². The molecule has 0 bridgehead atoms. The van der Waals surface area contributed by atoms with E-state index in [4.69, 9.17) is 15.7 Å².